The molecule has 0 saturated carbocycles. The highest BCUT2D eigenvalue weighted by molar-refractivity contribution is 6.20. The van der Waals surface area contributed by atoms with Crippen molar-refractivity contribution < 1.29 is 32.8 Å². The van der Waals surface area contributed by atoms with Gasteiger partial charge in [-0.1, -0.05) is 5.16 Å². The van der Waals surface area contributed by atoms with Crippen molar-refractivity contribution in [1.82, 2.24) is 30.5 Å². The minimum Gasteiger partial charge on any atom is -0.372 e. The Bertz CT molecular complexity index is 1520. The molecule has 0 aliphatic carbocycles. The normalized spacial score (nSPS) is 24.2. The van der Waals surface area contributed by atoms with Crippen LogP contribution in [-0.4, -0.2) is 82.5 Å². The first-order valence-electron chi connectivity index (χ1n) is 12.0. The number of aromatic nitrogens is 3. The Balaban J connectivity index is 1.54. The van der Waals surface area contributed by atoms with Gasteiger partial charge in [-0.05, 0) is 25.5 Å². The SMILES string of the molecule is C[C@@H]1CN2c3c(cc4c(-n5cc(C(=O)N(C)C)cn5)noc4c3F)CC3(C(=O)NC(=O)NC3=O)[C@H]2[C@H](C)O1. The third kappa shape index (κ3) is 3.19. The fourth-order valence-electron chi connectivity index (χ4n) is 5.91. The molecule has 13 nitrogen and oxygen atoms in total. The monoisotopic (exact) mass is 525 g/mol. The first-order valence-corrected chi connectivity index (χ1v) is 12.0. The minimum absolute atomic E-state index is 0.132. The summed E-state index contributed by atoms with van der Waals surface area (Å²) in [6.45, 7) is 3.72. The lowest BCUT2D eigenvalue weighted by molar-refractivity contribution is -0.153. The van der Waals surface area contributed by atoms with Crippen molar-refractivity contribution >= 4 is 40.4 Å². The predicted molar refractivity (Wildman–Crippen MR) is 128 cm³/mol. The largest absolute Gasteiger partial charge is 0.372 e. The molecule has 14 heteroatoms. The maximum Gasteiger partial charge on any atom is 0.328 e. The fraction of sp³-hybridized carbons (Fsp3) is 0.417. The number of barbiturate groups is 1. The Hall–Kier alpha value is -4.33. The van der Waals surface area contributed by atoms with Crippen LogP contribution in [0.4, 0.5) is 14.9 Å². The Morgan fingerprint density at radius 2 is 1.92 bits per heavy atom. The van der Waals surface area contributed by atoms with Crippen molar-refractivity contribution in [2.75, 3.05) is 25.5 Å². The lowest BCUT2D eigenvalue weighted by atomic mass is 9.66. The number of fused-ring (bicyclic) bond motifs is 5. The number of nitrogens with zero attached hydrogens (tertiary/aromatic N) is 5. The molecule has 2 N–H and O–H groups in total. The molecule has 2 fully saturated rings. The van der Waals surface area contributed by atoms with E-state index in [4.69, 9.17) is 9.26 Å². The second kappa shape index (κ2) is 8.08. The zero-order valence-corrected chi connectivity index (χ0v) is 20.9. The van der Waals surface area contributed by atoms with Gasteiger partial charge in [0.1, 0.15) is 0 Å². The fourth-order valence-corrected chi connectivity index (χ4v) is 5.91. The number of benzene rings is 1. The summed E-state index contributed by atoms with van der Waals surface area (Å²) in [6, 6.07) is -0.196. The molecule has 0 radical (unpaired) electrons. The zero-order valence-electron chi connectivity index (χ0n) is 20.9. The van der Waals surface area contributed by atoms with Gasteiger partial charge in [0.15, 0.2) is 11.2 Å². The Labute approximate surface area is 214 Å². The average Bonchev–Trinajstić information content (AvgIpc) is 3.48. The molecule has 6 rings (SSSR count). The van der Waals surface area contributed by atoms with E-state index in [2.05, 4.69) is 20.9 Å². The number of amides is 5. The molecule has 2 saturated heterocycles. The van der Waals surface area contributed by atoms with Crippen LogP contribution in [0.25, 0.3) is 16.8 Å². The van der Waals surface area contributed by atoms with Gasteiger partial charge in [-0.2, -0.15) is 5.10 Å². The number of halogens is 1. The lowest BCUT2D eigenvalue weighted by Crippen LogP contribution is -2.75. The summed E-state index contributed by atoms with van der Waals surface area (Å²) in [5.41, 5.74) is -1.06. The molecule has 0 unspecified atom stereocenters. The van der Waals surface area contributed by atoms with E-state index in [0.29, 0.717) is 11.1 Å². The van der Waals surface area contributed by atoms with Crippen LogP contribution in [0.5, 0.6) is 0 Å². The lowest BCUT2D eigenvalue weighted by Gasteiger charge is -2.55. The third-order valence-corrected chi connectivity index (χ3v) is 7.40. The number of rotatable bonds is 2. The summed E-state index contributed by atoms with van der Waals surface area (Å²) in [5.74, 6) is -2.40. The van der Waals surface area contributed by atoms with Gasteiger partial charge in [0.2, 0.25) is 23.2 Å². The molecular formula is C24H24FN7O6. The summed E-state index contributed by atoms with van der Waals surface area (Å²) in [6.07, 6.45) is 1.64. The number of ether oxygens (including phenoxy) is 1. The molecule has 2 aromatic heterocycles. The molecule has 5 heterocycles. The van der Waals surface area contributed by atoms with E-state index >= 15 is 4.39 Å². The van der Waals surface area contributed by atoms with Crippen LogP contribution < -0.4 is 15.5 Å². The summed E-state index contributed by atoms with van der Waals surface area (Å²) >= 11 is 0. The van der Waals surface area contributed by atoms with Gasteiger partial charge in [-0.15, -0.1) is 0 Å². The van der Waals surface area contributed by atoms with Gasteiger partial charge >= 0.3 is 6.03 Å². The van der Waals surface area contributed by atoms with Crippen molar-refractivity contribution in [2.45, 2.75) is 38.5 Å². The van der Waals surface area contributed by atoms with E-state index in [-0.39, 0.29) is 47.5 Å². The molecule has 5 amide bonds. The molecule has 3 aliphatic heterocycles. The number of hydrogen-bond donors (Lipinski definition) is 2. The summed E-state index contributed by atoms with van der Waals surface area (Å²) in [4.78, 5) is 54.0. The van der Waals surface area contributed by atoms with Crippen molar-refractivity contribution in [3.05, 3.63) is 35.4 Å². The molecule has 38 heavy (non-hydrogen) atoms. The summed E-state index contributed by atoms with van der Waals surface area (Å²) in [5, 5.41) is 12.8. The third-order valence-electron chi connectivity index (χ3n) is 7.40. The summed E-state index contributed by atoms with van der Waals surface area (Å²) < 4.78 is 28.9. The topological polar surface area (TPSA) is 152 Å². The van der Waals surface area contributed by atoms with Crippen molar-refractivity contribution in [3.8, 4) is 5.82 Å². The van der Waals surface area contributed by atoms with E-state index in [1.54, 1.807) is 32.0 Å². The molecule has 0 bridgehead atoms. The predicted octanol–water partition coefficient (Wildman–Crippen LogP) is 0.745. The quantitative estimate of drug-likeness (QED) is 0.462. The van der Waals surface area contributed by atoms with E-state index in [9.17, 15) is 19.2 Å². The van der Waals surface area contributed by atoms with Crippen LogP contribution in [0.3, 0.4) is 0 Å². The van der Waals surface area contributed by atoms with E-state index in [1.165, 1.54) is 22.0 Å². The molecule has 1 spiro atoms. The van der Waals surface area contributed by atoms with Crippen LogP contribution in [0.1, 0.15) is 29.8 Å². The van der Waals surface area contributed by atoms with Crippen LogP contribution in [-0.2, 0) is 20.7 Å². The first kappa shape index (κ1) is 24.0. The maximum atomic E-state index is 16.2. The molecule has 3 atom stereocenters. The highest BCUT2D eigenvalue weighted by Gasteiger charge is 2.63. The van der Waals surface area contributed by atoms with Crippen molar-refractivity contribution in [2.24, 2.45) is 5.41 Å². The maximum absolute atomic E-state index is 16.2. The Morgan fingerprint density at radius 1 is 1.21 bits per heavy atom. The van der Waals surface area contributed by atoms with Gasteiger partial charge in [0.25, 0.3) is 5.91 Å². The number of anilines is 1. The average molecular weight is 525 g/mol. The second-order valence-corrected chi connectivity index (χ2v) is 10.1. The molecule has 198 valence electrons. The summed E-state index contributed by atoms with van der Waals surface area (Å²) in [7, 11) is 3.21. The number of urea groups is 1. The van der Waals surface area contributed by atoms with Gasteiger partial charge < -0.3 is 19.1 Å². The minimum atomic E-state index is -1.76. The highest BCUT2D eigenvalue weighted by atomic mass is 19.1. The van der Waals surface area contributed by atoms with Crippen LogP contribution in [0, 0.1) is 11.2 Å². The van der Waals surface area contributed by atoms with Gasteiger partial charge in [0, 0.05) is 33.3 Å². The zero-order chi connectivity index (χ0) is 27.1. The first-order chi connectivity index (χ1) is 18.0. The Morgan fingerprint density at radius 3 is 2.61 bits per heavy atom. The van der Waals surface area contributed by atoms with Crippen molar-refractivity contribution in [1.29, 1.82) is 0 Å². The van der Waals surface area contributed by atoms with Crippen molar-refractivity contribution in [3.63, 3.8) is 0 Å². The van der Waals surface area contributed by atoms with E-state index in [0.717, 1.165) is 0 Å². The number of nitrogens with one attached hydrogen (secondary N) is 2. The Kier molecular flexibility index (Phi) is 5.11. The van der Waals surface area contributed by atoms with E-state index in [1.807, 2.05) is 6.92 Å². The standard InChI is InChI=1S/C24H24FN7O6/c1-10-8-31-16-12(6-24(18(31)11(2)37-10)21(34)27-23(36)28-22(24)35)5-14-17(15(16)25)38-29-19(14)32-9-13(7-26-32)20(33)30(3)4/h5,7,9-11,18H,6,8H2,1-4H3,(H2,27,28,34,35,36)/t10-,11+,18-/m1/s1. The number of morpholine rings is 1. The van der Waals surface area contributed by atoms with Crippen LogP contribution >= 0.6 is 0 Å². The second-order valence-electron chi connectivity index (χ2n) is 10.1. The van der Waals surface area contributed by atoms with Gasteiger partial charge in [-0.3, -0.25) is 25.0 Å². The highest BCUT2D eigenvalue weighted by Crippen LogP contribution is 2.49. The molecule has 3 aromatic rings. The number of carbonyl (C=O) groups is 4. The molecule has 3 aliphatic rings. The number of hydrogen-bond acceptors (Lipinski definition) is 9. The molecule has 1 aromatic carbocycles. The number of carbonyl (C=O) groups excluding carboxylic acids is 4. The van der Waals surface area contributed by atoms with Crippen LogP contribution in [0.15, 0.2) is 23.0 Å². The number of imide groups is 2. The van der Waals surface area contributed by atoms with E-state index < -0.39 is 41.2 Å². The van der Waals surface area contributed by atoms with Gasteiger partial charge in [0.05, 0.1) is 41.1 Å². The van der Waals surface area contributed by atoms with Crippen LogP contribution in [0.2, 0.25) is 0 Å². The molecular weight excluding hydrogens is 501 g/mol. The smallest absolute Gasteiger partial charge is 0.328 e. The van der Waals surface area contributed by atoms with Gasteiger partial charge in [-0.25, -0.2) is 13.9 Å².